The number of hydrazone groups is 1. The van der Waals surface area contributed by atoms with Crippen molar-refractivity contribution in [2.45, 2.75) is 13.3 Å². The van der Waals surface area contributed by atoms with E-state index in [0.717, 1.165) is 28.6 Å². The summed E-state index contributed by atoms with van der Waals surface area (Å²) < 4.78 is 0. The summed E-state index contributed by atoms with van der Waals surface area (Å²) in [5, 5.41) is 4.81. The smallest absolute Gasteiger partial charge is 0.272 e. The molecule has 0 unspecified atom stereocenters. The number of aromatic nitrogens is 1. The van der Waals surface area contributed by atoms with Gasteiger partial charge in [-0.1, -0.05) is 6.92 Å². The second kappa shape index (κ2) is 3.35. The Morgan fingerprint density at radius 1 is 1.41 bits per heavy atom. The molecule has 0 bridgehead atoms. The van der Waals surface area contributed by atoms with Crippen LogP contribution in [0.5, 0.6) is 0 Å². The number of nitrogen functional groups attached to an aromatic ring is 1. The zero-order chi connectivity index (χ0) is 12.0. The Hall–Kier alpha value is -2.30. The summed E-state index contributed by atoms with van der Waals surface area (Å²) in [4.78, 5) is 15.1. The molecule has 0 saturated carbocycles. The molecule has 17 heavy (non-hydrogen) atoms. The van der Waals surface area contributed by atoms with Gasteiger partial charge in [-0.25, -0.2) is 5.43 Å². The van der Waals surface area contributed by atoms with Crippen molar-refractivity contribution >= 4 is 28.7 Å². The Balaban J connectivity index is 2.49. The van der Waals surface area contributed by atoms with Gasteiger partial charge >= 0.3 is 0 Å². The summed E-state index contributed by atoms with van der Waals surface area (Å²) in [6.07, 6.45) is 2.53. The van der Waals surface area contributed by atoms with E-state index in [1.165, 1.54) is 0 Å². The number of carbonyl (C=O) groups excluding carboxylic acids is 1. The van der Waals surface area contributed by atoms with Crippen LogP contribution >= 0.6 is 0 Å². The molecule has 0 spiro atoms. The molecular weight excluding hydrogens is 216 g/mol. The fraction of sp³-hybridized carbons (Fsp3) is 0.167. The van der Waals surface area contributed by atoms with Crippen LogP contribution in [-0.2, 0) is 6.42 Å². The standard InChI is InChI=1S/C12H12N4O/c1-2-9-8-5-14-16-12(17)7-3-6(13)4-10(15-9)11(7)8/h3-5,15H,2,13H2,1H3,(H,16,17). The highest BCUT2D eigenvalue weighted by molar-refractivity contribution is 6.15. The summed E-state index contributed by atoms with van der Waals surface area (Å²) in [7, 11) is 0. The number of aryl methyl sites for hydroxylation is 1. The minimum atomic E-state index is -0.223. The maximum absolute atomic E-state index is 11.8. The number of nitrogens with zero attached hydrogens (tertiary/aromatic N) is 1. The largest absolute Gasteiger partial charge is 0.399 e. The first-order valence-electron chi connectivity index (χ1n) is 5.48. The number of aromatic amines is 1. The van der Waals surface area contributed by atoms with Crippen LogP contribution in [0.3, 0.4) is 0 Å². The lowest BCUT2D eigenvalue weighted by Gasteiger charge is -2.02. The lowest BCUT2D eigenvalue weighted by molar-refractivity contribution is 0.0957. The second-order valence-electron chi connectivity index (χ2n) is 4.06. The van der Waals surface area contributed by atoms with Gasteiger partial charge in [-0.05, 0) is 18.6 Å². The van der Waals surface area contributed by atoms with Crippen molar-refractivity contribution in [3.05, 3.63) is 29.0 Å². The third-order valence-electron chi connectivity index (χ3n) is 3.00. The molecular formula is C12H12N4O. The van der Waals surface area contributed by atoms with Crippen molar-refractivity contribution in [2.75, 3.05) is 5.73 Å². The monoisotopic (exact) mass is 228 g/mol. The summed E-state index contributed by atoms with van der Waals surface area (Å²) in [6.45, 7) is 2.05. The van der Waals surface area contributed by atoms with Crippen molar-refractivity contribution in [3.8, 4) is 0 Å². The number of hydrogen-bond acceptors (Lipinski definition) is 3. The van der Waals surface area contributed by atoms with E-state index in [1.807, 2.05) is 6.07 Å². The minimum Gasteiger partial charge on any atom is -0.399 e. The molecule has 1 aromatic carbocycles. The summed E-state index contributed by atoms with van der Waals surface area (Å²) >= 11 is 0. The van der Waals surface area contributed by atoms with Crippen molar-refractivity contribution in [1.29, 1.82) is 0 Å². The average molecular weight is 228 g/mol. The molecule has 1 aromatic heterocycles. The maximum Gasteiger partial charge on any atom is 0.272 e. The van der Waals surface area contributed by atoms with E-state index in [0.29, 0.717) is 11.3 Å². The van der Waals surface area contributed by atoms with Crippen LogP contribution in [0.2, 0.25) is 0 Å². The SMILES string of the molecule is CCc1[nH]c2cc(N)cc3c2c1C=NNC3=O. The Morgan fingerprint density at radius 3 is 3.00 bits per heavy atom. The number of amides is 1. The van der Waals surface area contributed by atoms with Gasteiger partial charge in [0.15, 0.2) is 0 Å². The van der Waals surface area contributed by atoms with Crippen LogP contribution in [0.1, 0.15) is 28.5 Å². The molecule has 4 N–H and O–H groups in total. The first-order valence-corrected chi connectivity index (χ1v) is 5.48. The number of hydrogen-bond donors (Lipinski definition) is 3. The molecule has 5 nitrogen and oxygen atoms in total. The van der Waals surface area contributed by atoms with E-state index in [-0.39, 0.29) is 5.91 Å². The van der Waals surface area contributed by atoms with Crippen molar-refractivity contribution in [1.82, 2.24) is 10.4 Å². The maximum atomic E-state index is 11.8. The molecule has 0 saturated heterocycles. The van der Waals surface area contributed by atoms with E-state index in [2.05, 4.69) is 22.4 Å². The molecule has 1 aliphatic heterocycles. The molecule has 1 aliphatic rings. The van der Waals surface area contributed by atoms with Crippen molar-refractivity contribution in [2.24, 2.45) is 5.10 Å². The Kier molecular flexibility index (Phi) is 1.95. The molecule has 2 aromatic rings. The lowest BCUT2D eigenvalue weighted by atomic mass is 10.0. The highest BCUT2D eigenvalue weighted by atomic mass is 16.2. The molecule has 2 heterocycles. The van der Waals surface area contributed by atoms with E-state index in [4.69, 9.17) is 5.73 Å². The molecule has 1 amide bonds. The second-order valence-corrected chi connectivity index (χ2v) is 4.06. The third kappa shape index (κ3) is 1.32. The number of nitrogens with one attached hydrogen (secondary N) is 2. The van der Waals surface area contributed by atoms with Gasteiger partial charge in [-0.3, -0.25) is 4.79 Å². The third-order valence-corrected chi connectivity index (χ3v) is 3.00. The van der Waals surface area contributed by atoms with Gasteiger partial charge in [-0.2, -0.15) is 5.10 Å². The van der Waals surface area contributed by atoms with Gasteiger partial charge in [0, 0.05) is 27.8 Å². The summed E-state index contributed by atoms with van der Waals surface area (Å²) in [5.74, 6) is -0.223. The Morgan fingerprint density at radius 2 is 2.24 bits per heavy atom. The normalized spacial score (nSPS) is 13.8. The van der Waals surface area contributed by atoms with Gasteiger partial charge in [0.25, 0.3) is 5.91 Å². The Bertz CT molecular complexity index is 654. The number of rotatable bonds is 1. The zero-order valence-corrected chi connectivity index (χ0v) is 9.37. The minimum absolute atomic E-state index is 0.223. The van der Waals surface area contributed by atoms with E-state index in [9.17, 15) is 4.79 Å². The predicted molar refractivity (Wildman–Crippen MR) is 67.1 cm³/mol. The molecule has 86 valence electrons. The van der Waals surface area contributed by atoms with Crippen LogP contribution in [0.25, 0.3) is 10.9 Å². The lowest BCUT2D eigenvalue weighted by Crippen LogP contribution is -2.16. The topological polar surface area (TPSA) is 83.3 Å². The molecule has 0 radical (unpaired) electrons. The van der Waals surface area contributed by atoms with Crippen molar-refractivity contribution in [3.63, 3.8) is 0 Å². The molecule has 0 fully saturated rings. The number of carbonyl (C=O) groups is 1. The van der Waals surface area contributed by atoms with Gasteiger partial charge in [0.1, 0.15) is 0 Å². The van der Waals surface area contributed by atoms with Gasteiger partial charge in [-0.15, -0.1) is 0 Å². The highest BCUT2D eigenvalue weighted by Gasteiger charge is 2.19. The summed E-state index contributed by atoms with van der Waals surface area (Å²) in [6, 6.07) is 3.52. The van der Waals surface area contributed by atoms with Gasteiger partial charge < -0.3 is 10.7 Å². The first-order chi connectivity index (χ1) is 8.20. The number of H-pyrrole nitrogens is 1. The van der Waals surface area contributed by atoms with Crippen LogP contribution in [0.4, 0.5) is 5.69 Å². The zero-order valence-electron chi connectivity index (χ0n) is 9.37. The van der Waals surface area contributed by atoms with Crippen LogP contribution in [0.15, 0.2) is 17.2 Å². The summed E-state index contributed by atoms with van der Waals surface area (Å²) in [5.41, 5.74) is 12.3. The van der Waals surface area contributed by atoms with E-state index >= 15 is 0 Å². The number of anilines is 1. The molecule has 3 rings (SSSR count). The van der Waals surface area contributed by atoms with Crippen LogP contribution in [-0.4, -0.2) is 17.1 Å². The first kappa shape index (κ1) is 9.89. The number of benzene rings is 1. The molecule has 5 heteroatoms. The molecule has 0 aliphatic carbocycles. The quantitative estimate of drug-likeness (QED) is 0.644. The fourth-order valence-corrected chi connectivity index (χ4v) is 2.25. The van der Waals surface area contributed by atoms with Crippen molar-refractivity contribution < 1.29 is 4.79 Å². The van der Waals surface area contributed by atoms with Crippen LogP contribution < -0.4 is 11.2 Å². The predicted octanol–water partition coefficient (Wildman–Crippen LogP) is 1.39. The average Bonchev–Trinajstić information content (AvgIpc) is 2.56. The van der Waals surface area contributed by atoms with Crippen LogP contribution in [0, 0.1) is 0 Å². The van der Waals surface area contributed by atoms with E-state index < -0.39 is 0 Å². The fourth-order valence-electron chi connectivity index (χ4n) is 2.25. The van der Waals surface area contributed by atoms with Gasteiger partial charge in [0.2, 0.25) is 0 Å². The van der Waals surface area contributed by atoms with E-state index in [1.54, 1.807) is 12.3 Å². The Labute approximate surface area is 97.7 Å². The van der Waals surface area contributed by atoms with Gasteiger partial charge in [0.05, 0.1) is 11.8 Å². The number of nitrogens with two attached hydrogens (primary N) is 1. The highest BCUT2D eigenvalue weighted by Crippen LogP contribution is 2.28. The molecule has 0 atom stereocenters.